The van der Waals surface area contributed by atoms with Gasteiger partial charge >= 0.3 is 0 Å². The second kappa shape index (κ2) is 7.33. The summed E-state index contributed by atoms with van der Waals surface area (Å²) in [6.45, 7) is 0. The minimum absolute atomic E-state index is 0.0892. The normalized spacial score (nSPS) is 11.2. The van der Waals surface area contributed by atoms with Gasteiger partial charge in [-0.05, 0) is 29.9 Å². The predicted octanol–water partition coefficient (Wildman–Crippen LogP) is 5.14. The smallest absolute Gasteiger partial charge is 0.205 e. The summed E-state index contributed by atoms with van der Waals surface area (Å²) >= 11 is 3.29. The van der Waals surface area contributed by atoms with E-state index in [2.05, 4.69) is 15.9 Å². The van der Waals surface area contributed by atoms with Crippen LogP contribution in [0.25, 0.3) is 0 Å². The summed E-state index contributed by atoms with van der Waals surface area (Å²) in [5.41, 5.74) is 0.0892. The van der Waals surface area contributed by atoms with E-state index in [1.165, 1.54) is 0 Å². The average Bonchev–Trinajstić information content (AvgIpc) is 2.57. The Bertz CT molecular complexity index is 736. The van der Waals surface area contributed by atoms with Gasteiger partial charge in [0.25, 0.3) is 6.43 Å². The quantitative estimate of drug-likeness (QED) is 0.540. The van der Waals surface area contributed by atoms with Crippen molar-refractivity contribution < 1.29 is 8.78 Å². The van der Waals surface area contributed by atoms with E-state index in [-0.39, 0.29) is 5.56 Å². The van der Waals surface area contributed by atoms with E-state index in [1.54, 1.807) is 6.07 Å². The van der Waals surface area contributed by atoms with Crippen molar-refractivity contribution in [1.82, 2.24) is 0 Å². The Morgan fingerprint density at radius 3 is 1.70 bits per heavy atom. The van der Waals surface area contributed by atoms with Crippen molar-refractivity contribution in [3.05, 3.63) is 88.9 Å². The number of rotatable bonds is 4. The Morgan fingerprint density at radius 1 is 0.696 bits per heavy atom. The molecule has 0 saturated heterocycles. The van der Waals surface area contributed by atoms with Crippen LogP contribution in [0.3, 0.4) is 0 Å². The molecule has 0 aliphatic rings. The van der Waals surface area contributed by atoms with Crippen LogP contribution in [0, 0.1) is 0 Å². The Hall–Kier alpha value is -1.57. The third-order valence-corrected chi connectivity index (χ3v) is 6.71. The van der Waals surface area contributed by atoms with Crippen molar-refractivity contribution in [3.63, 3.8) is 0 Å². The van der Waals surface area contributed by atoms with Crippen molar-refractivity contribution in [2.45, 2.75) is 6.43 Å². The average molecular weight is 391 g/mol. The van der Waals surface area contributed by atoms with Gasteiger partial charge < -0.3 is 0 Å². The zero-order chi connectivity index (χ0) is 16.2. The van der Waals surface area contributed by atoms with Gasteiger partial charge in [0, 0.05) is 10.0 Å². The largest absolute Gasteiger partial charge is 0.265 e. The zero-order valence-corrected chi connectivity index (χ0v) is 14.6. The van der Waals surface area contributed by atoms with Crippen LogP contribution in [0.1, 0.15) is 12.0 Å². The maximum atomic E-state index is 13.7. The Labute approximate surface area is 144 Å². The van der Waals surface area contributed by atoms with Crippen molar-refractivity contribution in [3.8, 4) is 0 Å². The lowest BCUT2D eigenvalue weighted by Crippen LogP contribution is -2.23. The molecular weight excluding hydrogens is 377 g/mol. The maximum Gasteiger partial charge on any atom is 0.265 e. The summed E-state index contributed by atoms with van der Waals surface area (Å²) in [5.74, 6) is 0. The second-order valence-electron chi connectivity index (χ2n) is 4.98. The molecule has 0 unspecified atom stereocenters. The highest BCUT2D eigenvalue weighted by Gasteiger charge is 2.24. The molecular formula is C19H14BrF2P. The molecule has 0 saturated carbocycles. The first kappa shape index (κ1) is 16.3. The molecule has 0 atom stereocenters. The molecule has 0 aliphatic carbocycles. The first-order valence-corrected chi connectivity index (χ1v) is 9.28. The summed E-state index contributed by atoms with van der Waals surface area (Å²) in [6, 6.07) is 25.0. The van der Waals surface area contributed by atoms with Crippen molar-refractivity contribution >= 4 is 39.8 Å². The topological polar surface area (TPSA) is 0 Å². The summed E-state index contributed by atoms with van der Waals surface area (Å²) in [5, 5.41) is 2.82. The monoisotopic (exact) mass is 390 g/mol. The molecule has 3 aromatic rings. The van der Waals surface area contributed by atoms with Crippen LogP contribution in [-0.4, -0.2) is 0 Å². The predicted molar refractivity (Wildman–Crippen MR) is 97.8 cm³/mol. The van der Waals surface area contributed by atoms with Crippen LogP contribution in [0.5, 0.6) is 0 Å². The number of alkyl halides is 2. The first-order chi connectivity index (χ1) is 11.2. The molecule has 0 bridgehead atoms. The first-order valence-electron chi connectivity index (χ1n) is 7.15. The molecule has 0 radical (unpaired) electrons. The Kier molecular flexibility index (Phi) is 5.20. The molecule has 0 amide bonds. The third kappa shape index (κ3) is 3.52. The van der Waals surface area contributed by atoms with Gasteiger partial charge in [-0.2, -0.15) is 0 Å². The zero-order valence-electron chi connectivity index (χ0n) is 12.2. The molecule has 0 nitrogen and oxygen atoms in total. The van der Waals surface area contributed by atoms with E-state index in [0.717, 1.165) is 10.6 Å². The van der Waals surface area contributed by atoms with Gasteiger partial charge in [0.2, 0.25) is 0 Å². The number of benzene rings is 3. The fraction of sp³-hybridized carbons (Fsp3) is 0.0526. The summed E-state index contributed by atoms with van der Waals surface area (Å²) in [6.07, 6.45) is -2.52. The fourth-order valence-corrected chi connectivity index (χ4v) is 5.70. The lowest BCUT2D eigenvalue weighted by Gasteiger charge is -2.22. The van der Waals surface area contributed by atoms with E-state index in [9.17, 15) is 8.78 Å². The number of hydrogen-bond donors (Lipinski definition) is 0. The van der Waals surface area contributed by atoms with Crippen LogP contribution in [-0.2, 0) is 0 Å². The standard InChI is InChI=1S/C19H14BrF2P/c20-16-12-7-13-17(18(16)19(21)22)23(14-8-3-1-4-9-14)15-10-5-2-6-11-15/h1-13,19H. The van der Waals surface area contributed by atoms with E-state index >= 15 is 0 Å². The van der Waals surface area contributed by atoms with Gasteiger partial charge in [-0.25, -0.2) is 8.78 Å². The van der Waals surface area contributed by atoms with Crippen molar-refractivity contribution in [2.24, 2.45) is 0 Å². The molecule has 0 spiro atoms. The molecule has 116 valence electrons. The minimum atomic E-state index is -2.52. The van der Waals surface area contributed by atoms with Crippen LogP contribution in [0.15, 0.2) is 83.3 Å². The van der Waals surface area contributed by atoms with Crippen LogP contribution >= 0.6 is 23.9 Å². The van der Waals surface area contributed by atoms with Crippen molar-refractivity contribution in [1.29, 1.82) is 0 Å². The number of hydrogen-bond acceptors (Lipinski definition) is 0. The highest BCUT2D eigenvalue weighted by molar-refractivity contribution is 9.10. The third-order valence-electron chi connectivity index (χ3n) is 3.52. The minimum Gasteiger partial charge on any atom is -0.205 e. The lowest BCUT2D eigenvalue weighted by atomic mass is 10.2. The fourth-order valence-electron chi connectivity index (χ4n) is 2.52. The number of halogens is 3. The van der Waals surface area contributed by atoms with Gasteiger partial charge in [0.1, 0.15) is 0 Å². The Morgan fingerprint density at radius 2 is 1.22 bits per heavy atom. The molecule has 23 heavy (non-hydrogen) atoms. The maximum absolute atomic E-state index is 13.7. The summed E-state index contributed by atoms with van der Waals surface area (Å²) in [7, 11) is -1.03. The van der Waals surface area contributed by atoms with E-state index < -0.39 is 14.3 Å². The molecule has 3 aromatic carbocycles. The van der Waals surface area contributed by atoms with E-state index in [0.29, 0.717) is 9.78 Å². The van der Waals surface area contributed by atoms with Crippen LogP contribution < -0.4 is 15.9 Å². The van der Waals surface area contributed by atoms with Gasteiger partial charge in [0.15, 0.2) is 0 Å². The summed E-state index contributed by atoms with van der Waals surface area (Å²) in [4.78, 5) is 0. The van der Waals surface area contributed by atoms with Crippen LogP contribution in [0.2, 0.25) is 0 Å². The molecule has 3 rings (SSSR count). The van der Waals surface area contributed by atoms with Crippen LogP contribution in [0.4, 0.5) is 8.78 Å². The highest BCUT2D eigenvalue weighted by Crippen LogP contribution is 2.38. The van der Waals surface area contributed by atoms with Crippen molar-refractivity contribution in [2.75, 3.05) is 0 Å². The van der Waals surface area contributed by atoms with Gasteiger partial charge in [-0.3, -0.25) is 0 Å². The molecule has 0 fully saturated rings. The second-order valence-corrected chi connectivity index (χ2v) is 8.02. The molecule has 0 aromatic heterocycles. The lowest BCUT2D eigenvalue weighted by molar-refractivity contribution is 0.152. The van der Waals surface area contributed by atoms with Gasteiger partial charge in [0.05, 0.1) is 0 Å². The van der Waals surface area contributed by atoms with Gasteiger partial charge in [-0.1, -0.05) is 88.7 Å². The van der Waals surface area contributed by atoms with E-state index in [1.807, 2.05) is 72.8 Å². The summed E-state index contributed by atoms with van der Waals surface area (Å²) < 4.78 is 27.8. The Balaban J connectivity index is 2.24. The SMILES string of the molecule is FC(F)c1c(Br)cccc1P(c1ccccc1)c1ccccc1. The molecule has 0 N–H and O–H groups in total. The van der Waals surface area contributed by atoms with E-state index in [4.69, 9.17) is 0 Å². The highest BCUT2D eigenvalue weighted by atomic mass is 79.9. The van der Waals surface area contributed by atoms with Gasteiger partial charge in [-0.15, -0.1) is 0 Å². The molecule has 0 heterocycles. The molecule has 0 aliphatic heterocycles. The molecule has 4 heteroatoms.